The number of benzene rings is 8. The molecular weight excluding hydrogens is 669 g/mol. The van der Waals surface area contributed by atoms with Crippen LogP contribution < -0.4 is 0 Å². The van der Waals surface area contributed by atoms with E-state index in [2.05, 4.69) is 119 Å². The van der Waals surface area contributed by atoms with E-state index >= 15 is 0 Å². The summed E-state index contributed by atoms with van der Waals surface area (Å²) in [6.07, 6.45) is 0. The zero-order valence-electron chi connectivity index (χ0n) is 31.3. The molecule has 1 aliphatic carbocycles. The molecule has 0 spiro atoms. The molecule has 1 aliphatic rings. The molecule has 0 heterocycles. The topological polar surface area (TPSA) is 17.4 Å². The molecule has 4 nitrogen and oxygen atoms in total. The van der Waals surface area contributed by atoms with Crippen LogP contribution in [0.4, 0.5) is 22.7 Å². The maximum absolute atomic E-state index is 7.06. The van der Waals surface area contributed by atoms with E-state index in [4.69, 9.17) is 26.3 Å². The second kappa shape index (κ2) is 16.9. The van der Waals surface area contributed by atoms with E-state index in [0.29, 0.717) is 23.0 Å². The molecule has 0 radical (unpaired) electrons. The number of aryl methyl sites for hydroxylation is 3. The lowest BCUT2D eigenvalue weighted by atomic mass is 9.99. The molecule has 0 bridgehead atoms. The summed E-state index contributed by atoms with van der Waals surface area (Å²) in [5.41, 5.74) is 11.8. The van der Waals surface area contributed by atoms with Crippen LogP contribution in [0.5, 0.6) is 0 Å². The van der Waals surface area contributed by atoms with Crippen molar-refractivity contribution < 1.29 is 0 Å². The zero-order valence-corrected chi connectivity index (χ0v) is 31.3. The number of rotatable bonds is 0. The van der Waals surface area contributed by atoms with E-state index < -0.39 is 0 Å². The smallest absolute Gasteiger partial charge is 0.187 e. The first-order valence-corrected chi connectivity index (χ1v) is 17.9. The molecule has 4 heteroatoms. The monoisotopic (exact) mass is 706 g/mol. The first-order valence-electron chi connectivity index (χ1n) is 17.9. The van der Waals surface area contributed by atoms with Crippen LogP contribution in [-0.2, 0) is 0 Å². The lowest BCUT2D eigenvalue weighted by molar-refractivity contribution is 0.957. The van der Waals surface area contributed by atoms with Crippen molar-refractivity contribution in [2.75, 3.05) is 0 Å². The van der Waals surface area contributed by atoms with Crippen molar-refractivity contribution in [1.29, 1.82) is 0 Å². The second-order valence-corrected chi connectivity index (χ2v) is 13.6. The van der Waals surface area contributed by atoms with E-state index in [9.17, 15) is 0 Å². The predicted molar refractivity (Wildman–Crippen MR) is 230 cm³/mol. The van der Waals surface area contributed by atoms with Gasteiger partial charge >= 0.3 is 0 Å². The van der Waals surface area contributed by atoms with Crippen LogP contribution >= 0.6 is 0 Å². The number of nitrogens with zero attached hydrogens (tertiary/aromatic N) is 4. The van der Waals surface area contributed by atoms with Crippen LogP contribution in [0.15, 0.2) is 152 Å². The molecule has 0 amide bonds. The SMILES string of the molecule is [C-]#[N+]c1ccc(C)cc1.[C-]#[N+]c1ccc2c(c1)C(C)c1ccccc1-2.[C-]#[N+]c1ccc2cc(C)ccc2c1.[C-]#[N+]c1ccc2cc3cc(C)ccc3cc2c1. The molecule has 9 rings (SSSR count). The molecule has 262 valence electrons. The van der Waals surface area contributed by atoms with Gasteiger partial charge in [-0.2, -0.15) is 0 Å². The summed E-state index contributed by atoms with van der Waals surface area (Å²) in [6, 6.07) is 50.6. The van der Waals surface area contributed by atoms with E-state index in [0.717, 1.165) is 16.5 Å². The summed E-state index contributed by atoms with van der Waals surface area (Å²) in [6.45, 7) is 36.0. The van der Waals surface area contributed by atoms with Crippen LogP contribution in [0, 0.1) is 47.1 Å². The Kier molecular flexibility index (Phi) is 11.4. The largest absolute Gasteiger partial charge is 0.238 e. The molecule has 55 heavy (non-hydrogen) atoms. The first-order chi connectivity index (χ1) is 26.7. The molecule has 0 aromatic heterocycles. The molecule has 0 saturated carbocycles. The summed E-state index contributed by atoms with van der Waals surface area (Å²) in [5, 5.41) is 7.15. The number of hydrogen-bond acceptors (Lipinski definition) is 0. The Labute approximate surface area is 323 Å². The summed E-state index contributed by atoms with van der Waals surface area (Å²) in [7, 11) is 0. The van der Waals surface area contributed by atoms with Crippen molar-refractivity contribution in [3.05, 3.63) is 225 Å². The Morgan fingerprint density at radius 2 is 0.745 bits per heavy atom. The van der Waals surface area contributed by atoms with Gasteiger partial charge in [0.25, 0.3) is 0 Å². The van der Waals surface area contributed by atoms with Crippen LogP contribution in [0.1, 0.15) is 40.7 Å². The standard InChI is InChI=1S/C16H11N.C15H11N.C12H9N.C8H7N/c1-11-3-4-12-9-15-10-16(17-2)6-5-13(15)8-14(12)7-11;1-10-12-5-3-4-6-13(12)14-8-7-11(16-2)9-15(10)14;1-9-3-4-11-8-12(13-2)6-5-10(11)7-9;1-7-3-5-8(9-2)6-4-7/h3-10H,1H3;3-10H,1H3;3-8H,1H3;3-6H,1H3. The summed E-state index contributed by atoms with van der Waals surface area (Å²) in [4.78, 5) is 13.6. The molecule has 0 aliphatic heterocycles. The summed E-state index contributed by atoms with van der Waals surface area (Å²) >= 11 is 0. The fourth-order valence-electron chi connectivity index (χ4n) is 6.73. The molecular formula is C51H38N4. The van der Waals surface area contributed by atoms with Crippen LogP contribution in [0.2, 0.25) is 0 Å². The highest BCUT2D eigenvalue weighted by atomic mass is 14.6. The van der Waals surface area contributed by atoms with E-state index in [-0.39, 0.29) is 0 Å². The van der Waals surface area contributed by atoms with Crippen molar-refractivity contribution in [2.45, 2.75) is 33.6 Å². The molecule has 0 fully saturated rings. The Bertz CT molecular complexity index is 2860. The van der Waals surface area contributed by atoms with Crippen LogP contribution in [-0.4, -0.2) is 0 Å². The molecule has 1 atom stereocenters. The van der Waals surface area contributed by atoms with Gasteiger partial charge in [0, 0.05) is 5.92 Å². The summed E-state index contributed by atoms with van der Waals surface area (Å²) < 4.78 is 0. The number of hydrogen-bond donors (Lipinski definition) is 0. The molecule has 8 aromatic carbocycles. The Morgan fingerprint density at radius 3 is 1.35 bits per heavy atom. The van der Waals surface area contributed by atoms with E-state index in [1.54, 1.807) is 0 Å². The van der Waals surface area contributed by atoms with Crippen molar-refractivity contribution in [2.24, 2.45) is 0 Å². The van der Waals surface area contributed by atoms with Crippen LogP contribution in [0.3, 0.4) is 0 Å². The van der Waals surface area contributed by atoms with Crippen molar-refractivity contribution in [3.63, 3.8) is 0 Å². The van der Waals surface area contributed by atoms with Gasteiger partial charge in [-0.15, -0.1) is 0 Å². The first kappa shape index (κ1) is 37.3. The Balaban J connectivity index is 0.000000128. The van der Waals surface area contributed by atoms with Gasteiger partial charge in [-0.05, 0) is 99.6 Å². The van der Waals surface area contributed by atoms with Crippen LogP contribution in [0.25, 0.3) is 62.8 Å². The Hall–Kier alpha value is -7.50. The lowest BCUT2D eigenvalue weighted by Crippen LogP contribution is -1.88. The van der Waals surface area contributed by atoms with Gasteiger partial charge in [0.15, 0.2) is 22.7 Å². The third-order valence-corrected chi connectivity index (χ3v) is 9.68. The van der Waals surface area contributed by atoms with Gasteiger partial charge in [0.1, 0.15) is 0 Å². The molecule has 0 N–H and O–H groups in total. The normalized spacial score (nSPS) is 11.7. The van der Waals surface area contributed by atoms with Gasteiger partial charge in [-0.25, -0.2) is 19.4 Å². The fraction of sp³-hybridized carbons (Fsp3) is 0.0980. The minimum Gasteiger partial charge on any atom is -0.238 e. The third-order valence-electron chi connectivity index (χ3n) is 9.68. The van der Waals surface area contributed by atoms with Crippen molar-refractivity contribution in [1.82, 2.24) is 0 Å². The predicted octanol–water partition coefficient (Wildman–Crippen LogP) is 15.5. The minimum absolute atomic E-state index is 0.410. The molecule has 8 aromatic rings. The Morgan fingerprint density at radius 1 is 0.345 bits per heavy atom. The average Bonchev–Trinajstić information content (AvgIpc) is 3.51. The van der Waals surface area contributed by atoms with Gasteiger partial charge < -0.3 is 0 Å². The lowest BCUT2D eigenvalue weighted by Gasteiger charge is -2.05. The highest BCUT2D eigenvalue weighted by molar-refractivity contribution is 5.99. The summed E-state index contributed by atoms with van der Waals surface area (Å²) in [5.74, 6) is 0.410. The quantitative estimate of drug-likeness (QED) is 0.110. The number of fused-ring (bicyclic) bond motifs is 6. The molecule has 1 unspecified atom stereocenters. The fourth-order valence-corrected chi connectivity index (χ4v) is 6.73. The zero-order chi connectivity index (χ0) is 38.9. The highest BCUT2D eigenvalue weighted by Gasteiger charge is 2.24. The van der Waals surface area contributed by atoms with Gasteiger partial charge in [0.05, 0.1) is 26.3 Å². The maximum Gasteiger partial charge on any atom is 0.187 e. The van der Waals surface area contributed by atoms with E-state index in [1.807, 2.05) is 79.7 Å². The maximum atomic E-state index is 7.06. The third kappa shape index (κ3) is 8.76. The van der Waals surface area contributed by atoms with Crippen molar-refractivity contribution >= 4 is 55.1 Å². The van der Waals surface area contributed by atoms with Gasteiger partial charge in [-0.3, -0.25) is 0 Å². The van der Waals surface area contributed by atoms with Gasteiger partial charge in [-0.1, -0.05) is 151 Å². The van der Waals surface area contributed by atoms with E-state index in [1.165, 1.54) is 60.5 Å². The second-order valence-electron chi connectivity index (χ2n) is 13.6. The minimum atomic E-state index is 0.410. The average molecular weight is 707 g/mol. The molecule has 0 saturated heterocycles. The van der Waals surface area contributed by atoms with Crippen molar-refractivity contribution in [3.8, 4) is 11.1 Å². The highest BCUT2D eigenvalue weighted by Crippen LogP contribution is 2.45. The van der Waals surface area contributed by atoms with Gasteiger partial charge in [0.2, 0.25) is 0 Å².